The molecule has 1 N–H and O–H groups in total. The van der Waals surface area contributed by atoms with Crippen molar-refractivity contribution in [2.75, 3.05) is 18.4 Å². The predicted octanol–water partition coefficient (Wildman–Crippen LogP) is 4.83. The highest BCUT2D eigenvalue weighted by atomic mass is 19.2. The van der Waals surface area contributed by atoms with Gasteiger partial charge in [-0.1, -0.05) is 6.92 Å². The third-order valence-electron chi connectivity index (χ3n) is 5.36. The number of fused-ring (bicyclic) bond motifs is 1. The van der Waals surface area contributed by atoms with Gasteiger partial charge in [0.15, 0.2) is 17.3 Å². The zero-order valence-corrected chi connectivity index (χ0v) is 16.4. The second kappa shape index (κ2) is 7.73. The minimum absolute atomic E-state index is 0.128. The number of hydrogen-bond donors (Lipinski definition) is 1. The smallest absolute Gasteiger partial charge is 0.257 e. The van der Waals surface area contributed by atoms with Crippen LogP contribution in [0.25, 0.3) is 11.0 Å². The monoisotopic (exact) mass is 396 g/mol. The number of amides is 1. The van der Waals surface area contributed by atoms with Gasteiger partial charge in [-0.3, -0.25) is 4.79 Å². The van der Waals surface area contributed by atoms with E-state index >= 15 is 0 Å². The van der Waals surface area contributed by atoms with E-state index in [1.54, 1.807) is 0 Å². The van der Waals surface area contributed by atoms with Gasteiger partial charge in [-0.2, -0.15) is 0 Å². The molecule has 7 heteroatoms. The van der Waals surface area contributed by atoms with E-state index in [4.69, 9.17) is 0 Å². The second-order valence-corrected chi connectivity index (χ2v) is 7.60. The van der Waals surface area contributed by atoms with Gasteiger partial charge in [0, 0.05) is 42.1 Å². The quantitative estimate of drug-likeness (QED) is 0.689. The molecule has 150 valence electrons. The molecule has 2 aromatic heterocycles. The molecule has 1 fully saturated rings. The maximum absolute atomic E-state index is 13.7. The lowest BCUT2D eigenvalue weighted by atomic mass is 9.98. The standard InChI is InChI=1S/C22H22F2N4O/c1-13-7-9-28(10-8-13)22(29)17-12-25-21-16(5-3-14(2)26-21)20(17)27-15-4-6-18(23)19(24)11-15/h3-6,11-13H,7-10H2,1-2H3,(H,25,26,27). The highest BCUT2D eigenvalue weighted by molar-refractivity contribution is 6.07. The molecule has 5 nitrogen and oxygen atoms in total. The summed E-state index contributed by atoms with van der Waals surface area (Å²) < 4.78 is 27.1. The Morgan fingerprint density at radius 2 is 1.90 bits per heavy atom. The zero-order valence-electron chi connectivity index (χ0n) is 16.4. The lowest BCUT2D eigenvalue weighted by molar-refractivity contribution is 0.0698. The predicted molar refractivity (Wildman–Crippen MR) is 108 cm³/mol. The summed E-state index contributed by atoms with van der Waals surface area (Å²) in [7, 11) is 0. The van der Waals surface area contributed by atoms with Crippen molar-refractivity contribution in [1.29, 1.82) is 0 Å². The van der Waals surface area contributed by atoms with Crippen LogP contribution in [0.5, 0.6) is 0 Å². The van der Waals surface area contributed by atoms with Crippen molar-refractivity contribution in [2.24, 2.45) is 5.92 Å². The van der Waals surface area contributed by atoms with Crippen LogP contribution in [-0.4, -0.2) is 33.9 Å². The molecule has 0 bridgehead atoms. The highest BCUT2D eigenvalue weighted by Gasteiger charge is 2.25. The Balaban J connectivity index is 1.78. The summed E-state index contributed by atoms with van der Waals surface area (Å²) in [5.74, 6) is -1.41. The van der Waals surface area contributed by atoms with Gasteiger partial charge in [-0.25, -0.2) is 18.7 Å². The van der Waals surface area contributed by atoms with E-state index in [1.165, 1.54) is 12.3 Å². The third-order valence-corrected chi connectivity index (χ3v) is 5.36. The molecular formula is C22H22F2N4O. The molecule has 3 heterocycles. The van der Waals surface area contributed by atoms with Crippen molar-refractivity contribution in [3.05, 3.63) is 59.4 Å². The Morgan fingerprint density at radius 1 is 1.14 bits per heavy atom. The minimum atomic E-state index is -0.958. The van der Waals surface area contributed by atoms with Crippen LogP contribution < -0.4 is 5.32 Å². The number of anilines is 2. The number of benzene rings is 1. The Kier molecular flexibility index (Phi) is 5.13. The second-order valence-electron chi connectivity index (χ2n) is 7.60. The number of hydrogen-bond acceptors (Lipinski definition) is 4. The Bertz CT molecular complexity index is 1080. The number of carbonyl (C=O) groups excluding carboxylic acids is 1. The summed E-state index contributed by atoms with van der Waals surface area (Å²) in [6.45, 7) is 5.42. The highest BCUT2D eigenvalue weighted by Crippen LogP contribution is 2.31. The lowest BCUT2D eigenvalue weighted by Crippen LogP contribution is -2.38. The molecule has 1 aliphatic heterocycles. The fourth-order valence-corrected chi connectivity index (χ4v) is 3.57. The molecule has 3 aromatic rings. The van der Waals surface area contributed by atoms with Crippen LogP contribution in [0.15, 0.2) is 36.5 Å². The largest absolute Gasteiger partial charge is 0.354 e. The van der Waals surface area contributed by atoms with Crippen LogP contribution in [-0.2, 0) is 0 Å². The van der Waals surface area contributed by atoms with E-state index in [1.807, 2.05) is 24.0 Å². The number of likely N-dealkylation sites (tertiary alicyclic amines) is 1. The molecule has 0 spiro atoms. The van der Waals surface area contributed by atoms with Crippen LogP contribution in [0.1, 0.15) is 35.8 Å². The fourth-order valence-electron chi connectivity index (χ4n) is 3.57. The van der Waals surface area contributed by atoms with Gasteiger partial charge in [0.25, 0.3) is 5.91 Å². The average Bonchev–Trinajstić information content (AvgIpc) is 2.71. The SMILES string of the molecule is Cc1ccc2c(Nc3ccc(F)c(F)c3)c(C(=O)N3CCC(C)CC3)cnc2n1. The number of aryl methyl sites for hydroxylation is 1. The van der Waals surface area contributed by atoms with Crippen molar-refractivity contribution >= 4 is 28.3 Å². The molecule has 1 aliphatic rings. The molecule has 1 amide bonds. The average molecular weight is 396 g/mol. The van der Waals surface area contributed by atoms with Gasteiger partial charge in [0.05, 0.1) is 11.3 Å². The molecule has 1 aromatic carbocycles. The number of aromatic nitrogens is 2. The van der Waals surface area contributed by atoms with Crippen molar-refractivity contribution in [2.45, 2.75) is 26.7 Å². The van der Waals surface area contributed by atoms with E-state index in [2.05, 4.69) is 22.2 Å². The van der Waals surface area contributed by atoms with E-state index < -0.39 is 11.6 Å². The first-order valence-electron chi connectivity index (χ1n) is 9.70. The van der Waals surface area contributed by atoms with Gasteiger partial charge in [0.2, 0.25) is 0 Å². The summed E-state index contributed by atoms with van der Waals surface area (Å²) >= 11 is 0. The van der Waals surface area contributed by atoms with Gasteiger partial charge >= 0.3 is 0 Å². The number of piperidine rings is 1. The molecule has 1 saturated heterocycles. The molecule has 0 atom stereocenters. The first-order chi connectivity index (χ1) is 13.9. The summed E-state index contributed by atoms with van der Waals surface area (Å²) in [6.07, 6.45) is 3.43. The summed E-state index contributed by atoms with van der Waals surface area (Å²) in [5, 5.41) is 3.75. The van der Waals surface area contributed by atoms with Gasteiger partial charge in [-0.15, -0.1) is 0 Å². The Labute approximate surface area is 167 Å². The van der Waals surface area contributed by atoms with Crippen LogP contribution in [0.4, 0.5) is 20.2 Å². The van der Waals surface area contributed by atoms with Crippen molar-refractivity contribution in [3.63, 3.8) is 0 Å². The number of pyridine rings is 2. The first-order valence-corrected chi connectivity index (χ1v) is 9.70. The summed E-state index contributed by atoms with van der Waals surface area (Å²) in [4.78, 5) is 23.9. The van der Waals surface area contributed by atoms with Crippen molar-refractivity contribution in [3.8, 4) is 0 Å². The van der Waals surface area contributed by atoms with E-state index in [9.17, 15) is 13.6 Å². The van der Waals surface area contributed by atoms with Crippen LogP contribution >= 0.6 is 0 Å². The van der Waals surface area contributed by atoms with Crippen LogP contribution in [0, 0.1) is 24.5 Å². The number of nitrogens with zero attached hydrogens (tertiary/aromatic N) is 3. The molecule has 0 radical (unpaired) electrons. The number of rotatable bonds is 3. The third kappa shape index (κ3) is 3.90. The lowest BCUT2D eigenvalue weighted by Gasteiger charge is -2.31. The zero-order chi connectivity index (χ0) is 20.5. The number of carbonyl (C=O) groups is 1. The number of halogens is 2. The molecule has 4 rings (SSSR count). The van der Waals surface area contributed by atoms with Gasteiger partial charge in [-0.05, 0) is 49.9 Å². The normalized spacial score (nSPS) is 15.0. The maximum atomic E-state index is 13.7. The summed E-state index contributed by atoms with van der Waals surface area (Å²) in [6, 6.07) is 7.22. The summed E-state index contributed by atoms with van der Waals surface area (Å²) in [5.41, 5.74) is 2.52. The van der Waals surface area contributed by atoms with Crippen molar-refractivity contribution < 1.29 is 13.6 Å². The van der Waals surface area contributed by atoms with Crippen LogP contribution in [0.3, 0.4) is 0 Å². The molecule has 0 saturated carbocycles. The maximum Gasteiger partial charge on any atom is 0.257 e. The molecular weight excluding hydrogens is 374 g/mol. The minimum Gasteiger partial charge on any atom is -0.354 e. The van der Waals surface area contributed by atoms with E-state index in [0.29, 0.717) is 47.0 Å². The first kappa shape index (κ1) is 19.2. The molecule has 29 heavy (non-hydrogen) atoms. The molecule has 0 unspecified atom stereocenters. The fraction of sp³-hybridized carbons (Fsp3) is 0.318. The van der Waals surface area contributed by atoms with Gasteiger partial charge in [0.1, 0.15) is 0 Å². The van der Waals surface area contributed by atoms with Crippen molar-refractivity contribution in [1.82, 2.24) is 14.9 Å². The topological polar surface area (TPSA) is 58.1 Å². The van der Waals surface area contributed by atoms with Gasteiger partial charge < -0.3 is 10.2 Å². The Hall–Kier alpha value is -3.09. The van der Waals surface area contributed by atoms with Crippen LogP contribution in [0.2, 0.25) is 0 Å². The van der Waals surface area contributed by atoms with E-state index in [0.717, 1.165) is 30.7 Å². The number of nitrogens with one attached hydrogen (secondary N) is 1. The Morgan fingerprint density at radius 3 is 2.62 bits per heavy atom. The molecule has 0 aliphatic carbocycles. The van der Waals surface area contributed by atoms with E-state index in [-0.39, 0.29) is 5.91 Å².